The van der Waals surface area contributed by atoms with Gasteiger partial charge in [-0.05, 0) is 0 Å². The monoisotopic (exact) mass is 554 g/mol. The molecule has 1 aliphatic heterocycles. The van der Waals surface area contributed by atoms with Gasteiger partial charge in [-0.3, -0.25) is 18.9 Å². The molecule has 1 fully saturated rings. The Morgan fingerprint density at radius 1 is 1.24 bits per heavy atom. The number of fused-ring (bicyclic) bond motifs is 1. The first-order valence-corrected chi connectivity index (χ1v) is 13.2. The summed E-state index contributed by atoms with van der Waals surface area (Å²) in [5.74, 6) is -0.342. The summed E-state index contributed by atoms with van der Waals surface area (Å²) in [6, 6.07) is 0. The van der Waals surface area contributed by atoms with Crippen molar-refractivity contribution in [2.24, 2.45) is 5.73 Å². The van der Waals surface area contributed by atoms with Gasteiger partial charge in [0.15, 0.2) is 23.6 Å². The number of nitrogen functional groups attached to an aromatic ring is 1. The topological polar surface area (TPSA) is 305 Å². The molecule has 2 aromatic heterocycles. The lowest BCUT2D eigenvalue weighted by atomic mass is 9.97. The molecule has 2 unspecified atom stereocenters. The molecule has 1 aliphatic rings. The van der Waals surface area contributed by atoms with E-state index in [2.05, 4.69) is 28.1 Å². The van der Waals surface area contributed by atoms with Crippen LogP contribution < -0.4 is 17.0 Å². The maximum atomic E-state index is 15.0. The number of aliphatic hydroxyl groups is 1. The van der Waals surface area contributed by atoms with Crippen molar-refractivity contribution < 1.29 is 60.6 Å². The number of nitrogens with zero attached hydrogens (tertiary/aromatic N) is 3. The number of phosphoric ester groups is 1. The Bertz CT molecular complexity index is 1280. The Balaban J connectivity index is 1.83. The molecule has 0 saturated carbocycles. The van der Waals surface area contributed by atoms with Crippen LogP contribution >= 0.6 is 23.5 Å². The van der Waals surface area contributed by atoms with Crippen LogP contribution in [0.25, 0.3) is 11.2 Å². The van der Waals surface area contributed by atoms with Gasteiger partial charge in [-0.1, -0.05) is 0 Å². The predicted octanol–water partition coefficient (Wildman–Crippen LogP) is -2.03. The summed E-state index contributed by atoms with van der Waals surface area (Å²) in [4.78, 5) is 57.6. The normalized spacial score (nSPS) is 29.2. The van der Waals surface area contributed by atoms with E-state index >= 15 is 0 Å². The molecule has 0 radical (unpaired) electrons. The standard InChI is InChI=1S/C11H18FN6O13P3/c12-4-6(19)11(1-13,2-28-33(24,25)31-34(26,27)30-32(21,22)23)29-9(4)18-3-15-5-7(18)16-10(14)17-8(5)20/h3-4,6,9,19H,1-2,13H2,(H,24,25)(H,26,27)(H2,21,22,23)(H3,14,16,17,20)/t4-,6+,9-,11-/m1/s1. The summed E-state index contributed by atoms with van der Waals surface area (Å²) >= 11 is 0. The first kappa shape index (κ1) is 27.0. The summed E-state index contributed by atoms with van der Waals surface area (Å²) in [5, 5.41) is 10.4. The average Bonchev–Trinajstić information content (AvgIpc) is 3.18. The molecule has 23 heteroatoms. The first-order chi connectivity index (χ1) is 15.5. The van der Waals surface area contributed by atoms with Crippen LogP contribution in [0, 0.1) is 0 Å². The lowest BCUT2D eigenvalue weighted by molar-refractivity contribution is -0.118. The third-order valence-corrected chi connectivity index (χ3v) is 8.21. The minimum absolute atomic E-state index is 0.234. The number of anilines is 1. The second-order valence-corrected chi connectivity index (χ2v) is 11.2. The molecule has 2 aromatic rings. The Hall–Kier alpha value is -1.63. The third kappa shape index (κ3) is 5.60. The van der Waals surface area contributed by atoms with Gasteiger partial charge in [0.05, 0.1) is 12.9 Å². The Morgan fingerprint density at radius 3 is 2.47 bits per heavy atom. The number of halogens is 1. The van der Waals surface area contributed by atoms with E-state index in [0.29, 0.717) is 0 Å². The highest BCUT2D eigenvalue weighted by Gasteiger charge is 2.57. The molecule has 0 spiro atoms. The van der Waals surface area contributed by atoms with Crippen LogP contribution in [-0.4, -0.2) is 75.2 Å². The van der Waals surface area contributed by atoms with Crippen molar-refractivity contribution >= 4 is 40.6 Å². The van der Waals surface area contributed by atoms with Crippen LogP contribution in [-0.2, 0) is 31.6 Å². The third-order valence-electron chi connectivity index (χ3n) is 4.43. The van der Waals surface area contributed by atoms with E-state index in [1.165, 1.54) is 0 Å². The number of hydrogen-bond acceptors (Lipinski definition) is 13. The van der Waals surface area contributed by atoms with E-state index in [1.807, 2.05) is 0 Å². The van der Waals surface area contributed by atoms with Gasteiger partial charge in [-0.25, -0.2) is 23.1 Å². The van der Waals surface area contributed by atoms with Gasteiger partial charge in [-0.15, -0.1) is 0 Å². The van der Waals surface area contributed by atoms with E-state index in [4.69, 9.17) is 26.0 Å². The Kier molecular flexibility index (Phi) is 7.22. The number of phosphoric acid groups is 3. The molecule has 34 heavy (non-hydrogen) atoms. The highest BCUT2D eigenvalue weighted by Crippen LogP contribution is 2.66. The van der Waals surface area contributed by atoms with Crippen molar-refractivity contribution in [3.05, 3.63) is 16.7 Å². The summed E-state index contributed by atoms with van der Waals surface area (Å²) < 4.78 is 67.0. The quantitative estimate of drug-likeness (QED) is 0.155. The predicted molar refractivity (Wildman–Crippen MR) is 105 cm³/mol. The van der Waals surface area contributed by atoms with Crippen LogP contribution in [0.3, 0.4) is 0 Å². The maximum Gasteiger partial charge on any atom is 0.490 e. The van der Waals surface area contributed by atoms with E-state index in [1.54, 1.807) is 0 Å². The smallest absolute Gasteiger partial charge is 0.387 e. The van der Waals surface area contributed by atoms with Crippen molar-refractivity contribution in [2.75, 3.05) is 18.9 Å². The molecule has 3 rings (SSSR count). The Morgan fingerprint density at radius 2 is 1.88 bits per heavy atom. The molecule has 10 N–H and O–H groups in total. The molecule has 0 aromatic carbocycles. The van der Waals surface area contributed by atoms with Crippen LogP contribution in [0.5, 0.6) is 0 Å². The SMILES string of the molecule is NC[C@]1(COP(=O)(O)OP(=O)(O)OP(=O)(O)O)O[C@@H](n2cnc3c(=O)[nH]c(N)nc32)[C@H](F)[C@@H]1O. The number of hydrogen-bond donors (Lipinski definition) is 8. The van der Waals surface area contributed by atoms with Gasteiger partial charge in [-0.2, -0.15) is 13.6 Å². The van der Waals surface area contributed by atoms with Gasteiger partial charge in [0, 0.05) is 6.54 Å². The van der Waals surface area contributed by atoms with Gasteiger partial charge in [0.2, 0.25) is 5.95 Å². The van der Waals surface area contributed by atoms with E-state index in [9.17, 15) is 37.8 Å². The van der Waals surface area contributed by atoms with Crippen LogP contribution in [0.4, 0.5) is 10.3 Å². The van der Waals surface area contributed by atoms with E-state index in [-0.39, 0.29) is 17.1 Å². The number of ether oxygens (including phenoxy) is 1. The van der Waals surface area contributed by atoms with E-state index in [0.717, 1.165) is 10.9 Å². The van der Waals surface area contributed by atoms with Crippen molar-refractivity contribution in [3.8, 4) is 0 Å². The number of alkyl halides is 1. The molecule has 19 nitrogen and oxygen atoms in total. The number of aromatic amines is 1. The largest absolute Gasteiger partial charge is 0.490 e. The zero-order valence-corrected chi connectivity index (χ0v) is 19.1. The highest BCUT2D eigenvalue weighted by atomic mass is 31.3. The van der Waals surface area contributed by atoms with Crippen LogP contribution in [0.2, 0.25) is 0 Å². The highest BCUT2D eigenvalue weighted by molar-refractivity contribution is 7.66. The summed E-state index contributed by atoms with van der Waals surface area (Å²) in [6.45, 7) is -1.97. The number of aromatic nitrogens is 4. The second-order valence-electron chi connectivity index (χ2n) is 6.81. The lowest BCUT2D eigenvalue weighted by Crippen LogP contribution is -2.51. The van der Waals surface area contributed by atoms with Gasteiger partial charge in [0.25, 0.3) is 5.56 Å². The van der Waals surface area contributed by atoms with E-state index < -0.39 is 66.3 Å². The number of rotatable bonds is 9. The fraction of sp³-hybridized carbons (Fsp3) is 0.545. The molecular formula is C11H18FN6O13P3. The molecular weight excluding hydrogens is 536 g/mol. The zero-order valence-electron chi connectivity index (χ0n) is 16.4. The van der Waals surface area contributed by atoms with Crippen molar-refractivity contribution in [3.63, 3.8) is 0 Å². The fourth-order valence-electron chi connectivity index (χ4n) is 3.00. The Labute approximate surface area is 186 Å². The van der Waals surface area contributed by atoms with Crippen molar-refractivity contribution in [1.82, 2.24) is 19.5 Å². The molecule has 192 valence electrons. The second kappa shape index (κ2) is 9.11. The summed E-state index contributed by atoms with van der Waals surface area (Å²) in [7, 11) is -17.1. The number of nitrogens with two attached hydrogens (primary N) is 2. The fourth-order valence-corrected chi connectivity index (χ4v) is 6.08. The molecule has 0 aliphatic carbocycles. The molecule has 6 atom stereocenters. The molecule has 0 amide bonds. The van der Waals surface area contributed by atoms with Gasteiger partial charge < -0.3 is 40.9 Å². The van der Waals surface area contributed by atoms with Crippen molar-refractivity contribution in [2.45, 2.75) is 24.1 Å². The summed E-state index contributed by atoms with van der Waals surface area (Å²) in [6.07, 6.45) is -5.23. The van der Waals surface area contributed by atoms with Crippen LogP contribution in [0.1, 0.15) is 6.23 Å². The summed E-state index contributed by atoms with van der Waals surface area (Å²) in [5.41, 5.74) is 7.51. The lowest BCUT2D eigenvalue weighted by Gasteiger charge is -2.30. The van der Waals surface area contributed by atoms with Crippen LogP contribution in [0.15, 0.2) is 11.1 Å². The first-order valence-electron chi connectivity index (χ1n) is 8.70. The number of aliphatic hydroxyl groups excluding tert-OH is 1. The number of imidazole rings is 1. The molecule has 0 bridgehead atoms. The van der Waals surface area contributed by atoms with Gasteiger partial charge >= 0.3 is 23.5 Å². The minimum atomic E-state index is -5.82. The molecule has 3 heterocycles. The molecule has 1 saturated heterocycles. The van der Waals surface area contributed by atoms with Gasteiger partial charge in [0.1, 0.15) is 11.7 Å². The maximum absolute atomic E-state index is 15.0. The van der Waals surface area contributed by atoms with Crippen molar-refractivity contribution in [1.29, 1.82) is 0 Å². The average molecular weight is 554 g/mol. The number of H-pyrrole nitrogens is 1. The minimum Gasteiger partial charge on any atom is -0.387 e. The number of nitrogens with one attached hydrogen (secondary N) is 1. The zero-order chi connectivity index (χ0) is 25.7.